The number of rotatable bonds is 5. The molecule has 0 bridgehead atoms. The molecule has 1 aromatic heterocycles. The second kappa shape index (κ2) is 8.58. The molecule has 1 atom stereocenters. The molecule has 2 aliphatic rings. The minimum atomic E-state index is -0.137. The van der Waals surface area contributed by atoms with E-state index in [9.17, 15) is 9.59 Å². The molecular weight excluding hydrogens is 320 g/mol. The molecule has 7 nitrogen and oxygen atoms in total. The molecule has 2 fully saturated rings. The van der Waals surface area contributed by atoms with Gasteiger partial charge in [0, 0.05) is 24.8 Å². The SMILES string of the molecule is CC1CCN(CC(=O)N2CCO[C@@H](CCc3cc(=O)[nH]cn3)C2)CC1. The summed E-state index contributed by atoms with van der Waals surface area (Å²) in [5, 5.41) is 0. The second-order valence-corrected chi connectivity index (χ2v) is 7.23. The standard InChI is InChI=1S/C18H28N4O3/c1-14-4-6-21(7-5-14)12-18(24)22-8-9-25-16(11-22)3-2-15-10-17(23)20-13-19-15/h10,13-14,16H,2-9,11-12H2,1H3,(H,19,20,23)/t16-/m0/s1. The average Bonchev–Trinajstić information content (AvgIpc) is 2.62. The minimum absolute atomic E-state index is 0.0140. The third kappa shape index (κ3) is 5.37. The molecule has 1 amide bonds. The van der Waals surface area contributed by atoms with Crippen molar-refractivity contribution in [2.45, 2.75) is 38.7 Å². The Morgan fingerprint density at radius 2 is 2.16 bits per heavy atom. The van der Waals surface area contributed by atoms with Gasteiger partial charge >= 0.3 is 0 Å². The highest BCUT2D eigenvalue weighted by atomic mass is 16.5. The van der Waals surface area contributed by atoms with E-state index in [0.717, 1.165) is 31.1 Å². The summed E-state index contributed by atoms with van der Waals surface area (Å²) < 4.78 is 5.79. The van der Waals surface area contributed by atoms with Gasteiger partial charge in [-0.05, 0) is 44.7 Å². The van der Waals surface area contributed by atoms with Crippen LogP contribution < -0.4 is 5.56 Å². The van der Waals surface area contributed by atoms with Gasteiger partial charge in [0.25, 0.3) is 5.56 Å². The van der Waals surface area contributed by atoms with Crippen LogP contribution in [0, 0.1) is 5.92 Å². The second-order valence-electron chi connectivity index (χ2n) is 7.23. The van der Waals surface area contributed by atoms with Gasteiger partial charge in [-0.15, -0.1) is 0 Å². The minimum Gasteiger partial charge on any atom is -0.375 e. The molecule has 3 heterocycles. The van der Waals surface area contributed by atoms with Crippen molar-refractivity contribution in [3.05, 3.63) is 28.4 Å². The molecule has 3 rings (SSSR count). The summed E-state index contributed by atoms with van der Waals surface area (Å²) in [6, 6.07) is 1.52. The number of carbonyl (C=O) groups excluding carboxylic acids is 1. The van der Waals surface area contributed by atoms with Crippen LogP contribution in [0.4, 0.5) is 0 Å². The van der Waals surface area contributed by atoms with E-state index < -0.39 is 0 Å². The highest BCUT2D eigenvalue weighted by Crippen LogP contribution is 2.17. The molecule has 7 heteroatoms. The third-order valence-electron chi connectivity index (χ3n) is 5.18. The van der Waals surface area contributed by atoms with E-state index in [1.807, 2.05) is 4.90 Å². The van der Waals surface area contributed by atoms with Crippen molar-refractivity contribution >= 4 is 5.91 Å². The molecule has 2 saturated heterocycles. The molecular formula is C18H28N4O3. The fraction of sp³-hybridized carbons (Fsp3) is 0.722. The molecule has 25 heavy (non-hydrogen) atoms. The number of likely N-dealkylation sites (tertiary alicyclic amines) is 1. The highest BCUT2D eigenvalue weighted by molar-refractivity contribution is 5.78. The first-order valence-electron chi connectivity index (χ1n) is 9.25. The molecule has 0 aliphatic carbocycles. The molecule has 138 valence electrons. The summed E-state index contributed by atoms with van der Waals surface area (Å²) >= 11 is 0. The number of aromatic amines is 1. The first-order valence-corrected chi connectivity index (χ1v) is 9.25. The Labute approximate surface area is 148 Å². The topological polar surface area (TPSA) is 78.5 Å². The number of hydrogen-bond donors (Lipinski definition) is 1. The first kappa shape index (κ1) is 18.1. The van der Waals surface area contributed by atoms with Crippen LogP contribution in [0.15, 0.2) is 17.2 Å². The predicted molar refractivity (Wildman–Crippen MR) is 94.3 cm³/mol. The zero-order valence-corrected chi connectivity index (χ0v) is 14.9. The van der Waals surface area contributed by atoms with Crippen LogP contribution in [0.2, 0.25) is 0 Å². The Hall–Kier alpha value is -1.73. The van der Waals surface area contributed by atoms with Crippen molar-refractivity contribution in [3.63, 3.8) is 0 Å². The zero-order valence-electron chi connectivity index (χ0n) is 14.9. The van der Waals surface area contributed by atoms with Gasteiger partial charge in [0.2, 0.25) is 5.91 Å². The smallest absolute Gasteiger partial charge is 0.250 e. The monoisotopic (exact) mass is 348 g/mol. The van der Waals surface area contributed by atoms with Gasteiger partial charge in [-0.2, -0.15) is 0 Å². The number of aryl methyl sites for hydroxylation is 1. The molecule has 0 saturated carbocycles. The molecule has 0 spiro atoms. The number of H-pyrrole nitrogens is 1. The van der Waals surface area contributed by atoms with Gasteiger partial charge in [0.05, 0.1) is 25.6 Å². The van der Waals surface area contributed by atoms with Gasteiger partial charge in [-0.3, -0.25) is 14.5 Å². The number of aromatic nitrogens is 2. The number of piperidine rings is 1. The maximum Gasteiger partial charge on any atom is 0.250 e. The summed E-state index contributed by atoms with van der Waals surface area (Å²) in [7, 11) is 0. The number of morpholine rings is 1. The number of nitrogens with one attached hydrogen (secondary N) is 1. The number of carbonyl (C=O) groups is 1. The van der Waals surface area contributed by atoms with Crippen LogP contribution in [-0.2, 0) is 16.0 Å². The van der Waals surface area contributed by atoms with Crippen LogP contribution >= 0.6 is 0 Å². The van der Waals surface area contributed by atoms with Gasteiger partial charge in [0.1, 0.15) is 0 Å². The van der Waals surface area contributed by atoms with Crippen LogP contribution in [0.1, 0.15) is 31.9 Å². The lowest BCUT2D eigenvalue weighted by Crippen LogP contribution is -2.50. The Morgan fingerprint density at radius 1 is 1.36 bits per heavy atom. The van der Waals surface area contributed by atoms with Crippen molar-refractivity contribution in [2.24, 2.45) is 5.92 Å². The number of ether oxygens (including phenoxy) is 1. The normalized spacial score (nSPS) is 22.9. The summed E-state index contributed by atoms with van der Waals surface area (Å²) in [5.74, 6) is 0.982. The summed E-state index contributed by atoms with van der Waals surface area (Å²) in [5.41, 5.74) is 0.625. The highest BCUT2D eigenvalue weighted by Gasteiger charge is 2.26. The first-order chi connectivity index (χ1) is 12.1. The largest absolute Gasteiger partial charge is 0.375 e. The summed E-state index contributed by atoms with van der Waals surface area (Å²) in [4.78, 5) is 34.8. The summed E-state index contributed by atoms with van der Waals surface area (Å²) in [6.07, 6.45) is 5.25. The number of amides is 1. The maximum absolute atomic E-state index is 12.6. The summed E-state index contributed by atoms with van der Waals surface area (Å²) in [6.45, 7) is 6.73. The van der Waals surface area contributed by atoms with Crippen LogP contribution in [0.5, 0.6) is 0 Å². The van der Waals surface area contributed by atoms with Crippen molar-refractivity contribution in [3.8, 4) is 0 Å². The lowest BCUT2D eigenvalue weighted by Gasteiger charge is -2.36. The van der Waals surface area contributed by atoms with Crippen molar-refractivity contribution < 1.29 is 9.53 Å². The van der Waals surface area contributed by atoms with Crippen LogP contribution in [0.25, 0.3) is 0 Å². The van der Waals surface area contributed by atoms with Gasteiger partial charge in [0.15, 0.2) is 0 Å². The van der Waals surface area contributed by atoms with Crippen molar-refractivity contribution in [1.29, 1.82) is 0 Å². The van der Waals surface area contributed by atoms with Crippen molar-refractivity contribution in [1.82, 2.24) is 19.8 Å². The molecule has 0 radical (unpaired) electrons. The molecule has 0 aromatic carbocycles. The zero-order chi connectivity index (χ0) is 17.6. The van der Waals surface area contributed by atoms with E-state index >= 15 is 0 Å². The van der Waals surface area contributed by atoms with Crippen LogP contribution in [0.3, 0.4) is 0 Å². The molecule has 1 aromatic rings. The van der Waals surface area contributed by atoms with E-state index in [-0.39, 0.29) is 17.6 Å². The Balaban J connectivity index is 1.45. The van der Waals surface area contributed by atoms with E-state index in [1.165, 1.54) is 25.2 Å². The molecule has 0 unspecified atom stereocenters. The van der Waals surface area contributed by atoms with E-state index in [2.05, 4.69) is 21.8 Å². The quantitative estimate of drug-likeness (QED) is 0.846. The van der Waals surface area contributed by atoms with Gasteiger partial charge in [-0.1, -0.05) is 6.92 Å². The maximum atomic E-state index is 12.6. The Morgan fingerprint density at radius 3 is 2.92 bits per heavy atom. The molecule has 1 N–H and O–H groups in total. The lowest BCUT2D eigenvalue weighted by molar-refractivity contribution is -0.140. The third-order valence-corrected chi connectivity index (χ3v) is 5.18. The molecule has 2 aliphatic heterocycles. The van der Waals surface area contributed by atoms with Gasteiger partial charge < -0.3 is 14.6 Å². The average molecular weight is 348 g/mol. The number of nitrogens with zero attached hydrogens (tertiary/aromatic N) is 3. The Kier molecular flexibility index (Phi) is 6.20. The predicted octanol–water partition coefficient (Wildman–Crippen LogP) is 0.662. The van der Waals surface area contributed by atoms with Crippen molar-refractivity contribution in [2.75, 3.05) is 39.3 Å². The Bertz CT molecular complexity index is 625. The number of hydrogen-bond acceptors (Lipinski definition) is 5. The lowest BCUT2D eigenvalue weighted by atomic mass is 9.99. The van der Waals surface area contributed by atoms with E-state index in [1.54, 1.807) is 0 Å². The van der Waals surface area contributed by atoms with E-state index in [4.69, 9.17) is 4.74 Å². The van der Waals surface area contributed by atoms with Crippen LogP contribution in [-0.4, -0.2) is 71.1 Å². The van der Waals surface area contributed by atoms with Gasteiger partial charge in [-0.25, -0.2) is 4.98 Å². The van der Waals surface area contributed by atoms with E-state index in [0.29, 0.717) is 32.7 Å². The fourth-order valence-corrected chi connectivity index (χ4v) is 3.49. The fourth-order valence-electron chi connectivity index (χ4n) is 3.49.